The maximum Gasteiger partial charge on any atom is 0.264 e. The van der Waals surface area contributed by atoms with Crippen LogP contribution in [0.5, 0.6) is 0 Å². The van der Waals surface area contributed by atoms with Crippen LogP contribution in [-0.2, 0) is 33.7 Å². The first-order valence-electron chi connectivity index (χ1n) is 6.43. The van der Waals surface area contributed by atoms with Crippen molar-refractivity contribution in [2.24, 2.45) is 0 Å². The lowest BCUT2D eigenvalue weighted by Crippen LogP contribution is -2.02. The quantitative estimate of drug-likeness (QED) is 0.809. The lowest BCUT2D eigenvalue weighted by molar-refractivity contribution is 0.296. The minimum absolute atomic E-state index is 0.104. The molecular formula is C14H15NO4S. The third-order valence-corrected chi connectivity index (χ3v) is 3.91. The predicted molar refractivity (Wildman–Crippen MR) is 73.6 cm³/mol. The summed E-state index contributed by atoms with van der Waals surface area (Å²) in [6.07, 6.45) is 4.44. The van der Waals surface area contributed by atoms with Crippen molar-refractivity contribution in [2.75, 3.05) is 6.26 Å². The van der Waals surface area contributed by atoms with Crippen molar-refractivity contribution in [3.63, 3.8) is 0 Å². The van der Waals surface area contributed by atoms with Gasteiger partial charge in [0.15, 0.2) is 5.76 Å². The van der Waals surface area contributed by atoms with E-state index in [9.17, 15) is 8.42 Å². The third-order valence-electron chi connectivity index (χ3n) is 3.36. The summed E-state index contributed by atoms with van der Waals surface area (Å²) < 4.78 is 31.8. The van der Waals surface area contributed by atoms with Gasteiger partial charge in [0.2, 0.25) is 0 Å². The smallest absolute Gasteiger partial charge is 0.264 e. The van der Waals surface area contributed by atoms with Crippen molar-refractivity contribution >= 4 is 10.1 Å². The van der Waals surface area contributed by atoms with Gasteiger partial charge >= 0.3 is 0 Å². The van der Waals surface area contributed by atoms with Gasteiger partial charge in [-0.05, 0) is 36.5 Å². The first kappa shape index (κ1) is 13.3. The number of hydrogen-bond acceptors (Lipinski definition) is 5. The Bertz CT molecular complexity index is 733. The van der Waals surface area contributed by atoms with Gasteiger partial charge in [-0.2, -0.15) is 8.42 Å². The van der Waals surface area contributed by atoms with E-state index in [2.05, 4.69) is 21.5 Å². The maximum absolute atomic E-state index is 10.9. The first-order chi connectivity index (χ1) is 9.51. The van der Waals surface area contributed by atoms with E-state index in [1.807, 2.05) is 6.07 Å². The number of fused-ring (bicyclic) bond motifs is 1. The van der Waals surface area contributed by atoms with Gasteiger partial charge in [-0.25, -0.2) is 0 Å². The monoisotopic (exact) mass is 293 g/mol. The summed E-state index contributed by atoms with van der Waals surface area (Å²) >= 11 is 0. The number of rotatable bonds is 4. The van der Waals surface area contributed by atoms with Crippen molar-refractivity contribution in [1.82, 2.24) is 5.16 Å². The summed E-state index contributed by atoms with van der Waals surface area (Å²) in [5.74, 6) is 0.631. The molecule has 0 amide bonds. The lowest BCUT2D eigenvalue weighted by Gasteiger charge is -2.01. The Balaban J connectivity index is 1.80. The standard InChI is InChI=1S/C14H15NO4S/c1-20(16,17)18-9-13-8-14(19-15-13)12-6-5-10-3-2-4-11(10)7-12/h5-8H,2-4,9H2,1H3. The van der Waals surface area contributed by atoms with Gasteiger partial charge in [0.25, 0.3) is 10.1 Å². The molecule has 0 saturated carbocycles. The number of benzene rings is 1. The van der Waals surface area contributed by atoms with Crippen LogP contribution in [-0.4, -0.2) is 19.8 Å². The summed E-state index contributed by atoms with van der Waals surface area (Å²) in [7, 11) is -3.47. The van der Waals surface area contributed by atoms with Crippen molar-refractivity contribution in [1.29, 1.82) is 0 Å². The Morgan fingerprint density at radius 3 is 2.85 bits per heavy atom. The highest BCUT2D eigenvalue weighted by atomic mass is 32.2. The average Bonchev–Trinajstić information content (AvgIpc) is 3.03. The summed E-state index contributed by atoms with van der Waals surface area (Å²) in [5, 5.41) is 3.82. The molecule has 0 unspecified atom stereocenters. The molecule has 1 heterocycles. The molecule has 1 aliphatic carbocycles. The van der Waals surface area contributed by atoms with Crippen LogP contribution in [0.2, 0.25) is 0 Å². The van der Waals surface area contributed by atoms with Crippen molar-refractivity contribution in [3.05, 3.63) is 41.1 Å². The normalized spacial score (nSPS) is 14.4. The molecular weight excluding hydrogens is 278 g/mol. The van der Waals surface area contributed by atoms with E-state index in [0.29, 0.717) is 11.5 Å². The summed E-state index contributed by atoms with van der Waals surface area (Å²) in [6, 6.07) is 7.95. The predicted octanol–water partition coefficient (Wildman–Crippen LogP) is 2.31. The van der Waals surface area contributed by atoms with Crippen molar-refractivity contribution in [3.8, 4) is 11.3 Å². The van der Waals surface area contributed by atoms with Crippen LogP contribution >= 0.6 is 0 Å². The highest BCUT2D eigenvalue weighted by molar-refractivity contribution is 7.85. The first-order valence-corrected chi connectivity index (χ1v) is 8.25. The minimum atomic E-state index is -3.47. The van der Waals surface area contributed by atoms with Crippen LogP contribution in [0, 0.1) is 0 Å². The van der Waals surface area contributed by atoms with Gasteiger partial charge in [-0.3, -0.25) is 4.18 Å². The highest BCUT2D eigenvalue weighted by Crippen LogP contribution is 2.28. The molecule has 1 aliphatic rings. The van der Waals surface area contributed by atoms with Gasteiger partial charge in [-0.15, -0.1) is 0 Å². The van der Waals surface area contributed by atoms with Gasteiger partial charge < -0.3 is 4.52 Å². The fraction of sp³-hybridized carbons (Fsp3) is 0.357. The molecule has 0 N–H and O–H groups in total. The molecule has 0 bridgehead atoms. The molecule has 5 nitrogen and oxygen atoms in total. The van der Waals surface area contributed by atoms with Crippen LogP contribution < -0.4 is 0 Å². The van der Waals surface area contributed by atoms with E-state index >= 15 is 0 Å². The molecule has 0 atom stereocenters. The van der Waals surface area contributed by atoms with E-state index in [4.69, 9.17) is 4.52 Å². The van der Waals surface area contributed by atoms with E-state index in [1.165, 1.54) is 17.5 Å². The topological polar surface area (TPSA) is 69.4 Å². The number of nitrogens with zero attached hydrogens (tertiary/aromatic N) is 1. The fourth-order valence-corrected chi connectivity index (χ4v) is 2.74. The number of aromatic nitrogens is 1. The SMILES string of the molecule is CS(=O)(=O)OCc1cc(-c2ccc3c(c2)CCC3)on1. The summed E-state index contributed by atoms with van der Waals surface area (Å²) in [4.78, 5) is 0. The third kappa shape index (κ3) is 2.91. The zero-order valence-electron chi connectivity index (χ0n) is 11.1. The van der Waals surface area contributed by atoms with Crippen LogP contribution in [0.1, 0.15) is 23.2 Å². The van der Waals surface area contributed by atoms with Crippen molar-refractivity contribution < 1.29 is 17.1 Å². The Labute approximate surface area is 117 Å². The molecule has 1 aromatic carbocycles. The molecule has 6 heteroatoms. The zero-order valence-corrected chi connectivity index (χ0v) is 11.9. The second-order valence-corrected chi connectivity index (χ2v) is 6.63. The van der Waals surface area contributed by atoms with E-state index in [-0.39, 0.29) is 6.61 Å². The van der Waals surface area contributed by atoms with E-state index in [1.54, 1.807) is 6.07 Å². The van der Waals surface area contributed by atoms with E-state index in [0.717, 1.165) is 24.7 Å². The molecule has 2 aromatic rings. The lowest BCUT2D eigenvalue weighted by atomic mass is 10.0. The molecule has 106 valence electrons. The molecule has 0 spiro atoms. The average molecular weight is 293 g/mol. The highest BCUT2D eigenvalue weighted by Gasteiger charge is 2.14. The molecule has 1 aromatic heterocycles. The molecule has 0 fully saturated rings. The van der Waals surface area contributed by atoms with Crippen LogP contribution in [0.4, 0.5) is 0 Å². The molecule has 0 saturated heterocycles. The second kappa shape index (κ2) is 5.03. The van der Waals surface area contributed by atoms with Crippen LogP contribution in [0.15, 0.2) is 28.8 Å². The molecule has 0 radical (unpaired) electrons. The summed E-state index contributed by atoms with van der Waals surface area (Å²) in [5.41, 5.74) is 4.18. The minimum Gasteiger partial charge on any atom is -0.356 e. The van der Waals surface area contributed by atoms with E-state index < -0.39 is 10.1 Å². The van der Waals surface area contributed by atoms with Gasteiger partial charge in [0.1, 0.15) is 12.3 Å². The second-order valence-electron chi connectivity index (χ2n) is 4.99. The van der Waals surface area contributed by atoms with Crippen LogP contribution in [0.3, 0.4) is 0 Å². The number of hydrogen-bond donors (Lipinski definition) is 0. The fourth-order valence-electron chi connectivity index (χ4n) is 2.41. The largest absolute Gasteiger partial charge is 0.356 e. The van der Waals surface area contributed by atoms with Crippen LogP contribution in [0.25, 0.3) is 11.3 Å². The molecule has 0 aliphatic heterocycles. The Kier molecular flexibility index (Phi) is 3.35. The van der Waals surface area contributed by atoms with Gasteiger partial charge in [0.05, 0.1) is 6.26 Å². The Hall–Kier alpha value is -1.66. The molecule has 3 rings (SSSR count). The van der Waals surface area contributed by atoms with Gasteiger partial charge in [-0.1, -0.05) is 17.3 Å². The summed E-state index contributed by atoms with van der Waals surface area (Å²) in [6.45, 7) is -0.104. The number of aryl methyl sites for hydroxylation is 2. The Morgan fingerprint density at radius 2 is 2.05 bits per heavy atom. The van der Waals surface area contributed by atoms with Crippen molar-refractivity contribution in [2.45, 2.75) is 25.9 Å². The zero-order chi connectivity index (χ0) is 14.2. The maximum atomic E-state index is 10.9. The molecule has 20 heavy (non-hydrogen) atoms. The Morgan fingerprint density at radius 1 is 1.25 bits per heavy atom. The van der Waals surface area contributed by atoms with Gasteiger partial charge in [0, 0.05) is 11.6 Å².